The number of likely N-dealkylation sites (tertiary alicyclic amines) is 1. The van der Waals surface area contributed by atoms with Gasteiger partial charge < -0.3 is 23.9 Å². The van der Waals surface area contributed by atoms with E-state index in [1.165, 1.54) is 5.52 Å². The summed E-state index contributed by atoms with van der Waals surface area (Å²) >= 11 is 0. The van der Waals surface area contributed by atoms with Gasteiger partial charge in [-0.2, -0.15) is 0 Å². The van der Waals surface area contributed by atoms with Gasteiger partial charge in [-0.25, -0.2) is 9.97 Å². The summed E-state index contributed by atoms with van der Waals surface area (Å²) in [6.45, 7) is 9.88. The van der Waals surface area contributed by atoms with E-state index in [4.69, 9.17) is 14.5 Å². The average Bonchev–Trinajstić information content (AvgIpc) is 3.31. The molecule has 7 nitrogen and oxygen atoms in total. The predicted octanol–water partition coefficient (Wildman–Crippen LogP) is 3.01. The molecule has 3 aromatic rings. The van der Waals surface area contributed by atoms with Crippen molar-refractivity contribution in [1.29, 1.82) is 0 Å². The van der Waals surface area contributed by atoms with Crippen LogP contribution in [0.15, 0.2) is 18.5 Å². The predicted molar refractivity (Wildman–Crippen MR) is 104 cm³/mol. The van der Waals surface area contributed by atoms with E-state index < -0.39 is 5.79 Å². The molecule has 0 aromatic carbocycles. The summed E-state index contributed by atoms with van der Waals surface area (Å²) in [6.07, 6.45) is 6.26. The number of piperidine rings is 1. The lowest BCUT2D eigenvalue weighted by atomic mass is 10.0. The number of nitrogens with one attached hydrogen (secondary N) is 1. The van der Waals surface area contributed by atoms with Gasteiger partial charge in [-0.3, -0.25) is 0 Å². The highest BCUT2D eigenvalue weighted by Gasteiger charge is 2.34. The third kappa shape index (κ3) is 3.03. The normalized spacial score (nSPS) is 24.3. The van der Waals surface area contributed by atoms with Crippen molar-refractivity contribution in [3.8, 4) is 0 Å². The molecule has 2 aliphatic rings. The lowest BCUT2D eigenvalue weighted by Gasteiger charge is -2.34. The van der Waals surface area contributed by atoms with E-state index in [0.717, 1.165) is 54.9 Å². The first-order chi connectivity index (χ1) is 13.0. The van der Waals surface area contributed by atoms with Gasteiger partial charge in [0.25, 0.3) is 0 Å². The van der Waals surface area contributed by atoms with Crippen LogP contribution in [0.5, 0.6) is 0 Å². The molecule has 1 unspecified atom stereocenters. The van der Waals surface area contributed by atoms with Crippen LogP contribution in [0.3, 0.4) is 0 Å². The largest absolute Gasteiger partial charge is 0.348 e. The minimum Gasteiger partial charge on any atom is -0.348 e. The number of aryl methyl sites for hydroxylation is 1. The zero-order valence-corrected chi connectivity index (χ0v) is 16.2. The Morgan fingerprint density at radius 1 is 1.30 bits per heavy atom. The second kappa shape index (κ2) is 6.29. The molecular formula is C20H27N5O2. The summed E-state index contributed by atoms with van der Waals surface area (Å²) in [6, 6.07) is 2.58. The molecule has 7 heteroatoms. The van der Waals surface area contributed by atoms with Gasteiger partial charge in [0.1, 0.15) is 17.0 Å². The Kier molecular flexibility index (Phi) is 4.00. The summed E-state index contributed by atoms with van der Waals surface area (Å²) in [5, 5.41) is 1.16. The van der Waals surface area contributed by atoms with E-state index >= 15 is 0 Å². The first-order valence-electron chi connectivity index (χ1n) is 9.85. The van der Waals surface area contributed by atoms with Gasteiger partial charge in [0.2, 0.25) is 0 Å². The number of aromatic amines is 1. The average molecular weight is 369 g/mol. The molecule has 2 fully saturated rings. The van der Waals surface area contributed by atoms with Crippen molar-refractivity contribution in [2.24, 2.45) is 0 Å². The molecule has 27 heavy (non-hydrogen) atoms. The number of nitrogens with zero attached hydrogens (tertiary/aromatic N) is 4. The summed E-state index contributed by atoms with van der Waals surface area (Å²) in [5.74, 6) is 0.638. The second-order valence-electron chi connectivity index (χ2n) is 8.24. The number of ether oxygens (including phenoxy) is 2. The third-order valence-electron chi connectivity index (χ3n) is 5.86. The number of hydrogen-bond donors (Lipinski definition) is 1. The van der Waals surface area contributed by atoms with Crippen molar-refractivity contribution >= 4 is 22.1 Å². The molecule has 2 saturated heterocycles. The molecule has 5 rings (SSSR count). The fourth-order valence-electron chi connectivity index (χ4n) is 4.66. The van der Waals surface area contributed by atoms with E-state index in [-0.39, 0.29) is 6.10 Å². The molecule has 1 atom stereocenters. The van der Waals surface area contributed by atoms with Crippen molar-refractivity contribution in [3.63, 3.8) is 0 Å². The number of rotatable bonds is 3. The van der Waals surface area contributed by atoms with E-state index in [1.807, 2.05) is 26.2 Å². The topological polar surface area (TPSA) is 68.2 Å². The lowest BCUT2D eigenvalue weighted by Crippen LogP contribution is -2.40. The van der Waals surface area contributed by atoms with Crippen molar-refractivity contribution in [3.05, 3.63) is 24.3 Å². The highest BCUT2D eigenvalue weighted by Crippen LogP contribution is 2.32. The summed E-state index contributed by atoms with van der Waals surface area (Å²) < 4.78 is 14.1. The van der Waals surface area contributed by atoms with Gasteiger partial charge in [0.05, 0.1) is 24.4 Å². The fraction of sp³-hybridized carbons (Fsp3) is 0.600. The Bertz CT molecular complexity index is 967. The maximum absolute atomic E-state index is 5.98. The van der Waals surface area contributed by atoms with Crippen LogP contribution in [-0.4, -0.2) is 62.6 Å². The number of hydrogen-bond acceptors (Lipinski definition) is 5. The maximum atomic E-state index is 5.98. The number of fused-ring (bicyclic) bond motifs is 3. The van der Waals surface area contributed by atoms with Crippen LogP contribution in [0.1, 0.15) is 38.6 Å². The molecule has 144 valence electrons. The molecule has 1 N–H and O–H groups in total. The van der Waals surface area contributed by atoms with Crippen molar-refractivity contribution < 1.29 is 9.47 Å². The lowest BCUT2D eigenvalue weighted by molar-refractivity contribution is -0.140. The third-order valence-corrected chi connectivity index (χ3v) is 5.86. The Balaban J connectivity index is 1.34. The van der Waals surface area contributed by atoms with Crippen LogP contribution in [-0.2, 0) is 9.47 Å². The second-order valence-corrected chi connectivity index (χ2v) is 8.24. The molecule has 0 aliphatic carbocycles. The van der Waals surface area contributed by atoms with Crippen LogP contribution in [0.25, 0.3) is 22.1 Å². The van der Waals surface area contributed by atoms with Gasteiger partial charge in [-0.05, 0) is 39.7 Å². The number of imidazole rings is 1. The van der Waals surface area contributed by atoms with Crippen LogP contribution in [0, 0.1) is 6.92 Å². The fourth-order valence-corrected chi connectivity index (χ4v) is 4.66. The van der Waals surface area contributed by atoms with Crippen LogP contribution in [0.4, 0.5) is 0 Å². The summed E-state index contributed by atoms with van der Waals surface area (Å²) in [5.41, 5.74) is 3.13. The molecular weight excluding hydrogens is 342 g/mol. The van der Waals surface area contributed by atoms with Crippen molar-refractivity contribution in [2.45, 2.75) is 51.5 Å². The molecule has 0 radical (unpaired) electrons. The van der Waals surface area contributed by atoms with Gasteiger partial charge in [-0.15, -0.1) is 0 Å². The highest BCUT2D eigenvalue weighted by atomic mass is 16.7. The SMILES string of the molecule is Cc1nc2cnc3[nH]ccc3c2n1C1CCN(CC2COC(C)(C)O2)CC1. The Labute approximate surface area is 158 Å². The van der Waals surface area contributed by atoms with Crippen molar-refractivity contribution in [1.82, 2.24) is 24.4 Å². The van der Waals surface area contributed by atoms with E-state index in [9.17, 15) is 0 Å². The van der Waals surface area contributed by atoms with E-state index in [0.29, 0.717) is 12.6 Å². The molecule has 0 saturated carbocycles. The summed E-state index contributed by atoms with van der Waals surface area (Å²) in [4.78, 5) is 15.0. The quantitative estimate of drug-likeness (QED) is 0.769. The van der Waals surface area contributed by atoms with Gasteiger partial charge >= 0.3 is 0 Å². The van der Waals surface area contributed by atoms with E-state index in [2.05, 4.69) is 32.4 Å². The molecule has 5 heterocycles. The van der Waals surface area contributed by atoms with Crippen LogP contribution < -0.4 is 0 Å². The number of aromatic nitrogens is 4. The van der Waals surface area contributed by atoms with Crippen LogP contribution >= 0.6 is 0 Å². The first kappa shape index (κ1) is 17.2. The van der Waals surface area contributed by atoms with Crippen molar-refractivity contribution in [2.75, 3.05) is 26.2 Å². The minimum atomic E-state index is -0.439. The zero-order chi connectivity index (χ0) is 18.6. The maximum Gasteiger partial charge on any atom is 0.163 e. The Morgan fingerprint density at radius 3 is 2.85 bits per heavy atom. The number of pyridine rings is 1. The smallest absolute Gasteiger partial charge is 0.163 e. The molecule has 0 spiro atoms. The highest BCUT2D eigenvalue weighted by molar-refractivity contribution is 6.01. The van der Waals surface area contributed by atoms with Crippen LogP contribution in [0.2, 0.25) is 0 Å². The number of H-pyrrole nitrogens is 1. The Hall–Kier alpha value is -1.96. The molecule has 2 aliphatic heterocycles. The minimum absolute atomic E-state index is 0.179. The molecule has 0 bridgehead atoms. The first-order valence-corrected chi connectivity index (χ1v) is 9.85. The monoisotopic (exact) mass is 369 g/mol. The summed E-state index contributed by atoms with van der Waals surface area (Å²) in [7, 11) is 0. The molecule has 3 aromatic heterocycles. The van der Waals surface area contributed by atoms with Gasteiger partial charge in [0.15, 0.2) is 5.79 Å². The zero-order valence-electron chi connectivity index (χ0n) is 16.2. The van der Waals surface area contributed by atoms with E-state index in [1.54, 1.807) is 0 Å². The van der Waals surface area contributed by atoms with Gasteiger partial charge in [0, 0.05) is 37.3 Å². The Morgan fingerprint density at radius 2 is 2.11 bits per heavy atom. The standard InChI is InChI=1S/C20H27N5O2/c1-13-23-17-10-22-19-16(4-7-21-19)18(17)25(13)14-5-8-24(9-6-14)11-15-12-26-20(2,3)27-15/h4,7,10,14-15H,5-6,8-9,11-12H2,1-3H3,(H,21,22). The van der Waals surface area contributed by atoms with Gasteiger partial charge in [-0.1, -0.05) is 0 Å². The molecule has 0 amide bonds.